The Labute approximate surface area is 123 Å². The van der Waals surface area contributed by atoms with Gasteiger partial charge in [0.1, 0.15) is 5.75 Å². The summed E-state index contributed by atoms with van der Waals surface area (Å²) in [4.78, 5) is 24.2. The second-order valence-corrected chi connectivity index (χ2v) is 4.89. The van der Waals surface area contributed by atoms with Crippen LogP contribution >= 0.6 is 0 Å². The lowest BCUT2D eigenvalue weighted by Crippen LogP contribution is -2.46. The quantitative estimate of drug-likeness (QED) is 0.649. The van der Waals surface area contributed by atoms with Crippen molar-refractivity contribution in [3.05, 3.63) is 33.9 Å². The number of carbonyl (C=O) groups is 1. The molecule has 1 fully saturated rings. The van der Waals surface area contributed by atoms with Gasteiger partial charge in [-0.2, -0.15) is 0 Å². The number of nitrogens with zero attached hydrogens (tertiary/aromatic N) is 2. The van der Waals surface area contributed by atoms with E-state index in [1.807, 2.05) is 0 Å². The van der Waals surface area contributed by atoms with Crippen LogP contribution in [0.25, 0.3) is 0 Å². The Morgan fingerprint density at radius 2 is 2.14 bits per heavy atom. The monoisotopic (exact) mass is 293 g/mol. The van der Waals surface area contributed by atoms with Crippen molar-refractivity contribution in [1.29, 1.82) is 0 Å². The number of piperazine rings is 1. The maximum Gasteiger partial charge on any atom is 0.276 e. The predicted octanol–water partition coefficient (Wildman–Crippen LogP) is 1.10. The van der Waals surface area contributed by atoms with Gasteiger partial charge in [0.15, 0.2) is 0 Å². The predicted molar refractivity (Wildman–Crippen MR) is 77.4 cm³/mol. The summed E-state index contributed by atoms with van der Waals surface area (Å²) in [6.45, 7) is 4.94. The summed E-state index contributed by atoms with van der Waals surface area (Å²) < 4.78 is 5.52. The Kier molecular flexibility index (Phi) is 5.10. The zero-order chi connectivity index (χ0) is 15.2. The number of carbonyl (C=O) groups excluding carboxylic acids is 1. The number of rotatable bonds is 5. The molecule has 1 heterocycles. The summed E-state index contributed by atoms with van der Waals surface area (Å²) >= 11 is 0. The lowest BCUT2D eigenvalue weighted by molar-refractivity contribution is -0.385. The Morgan fingerprint density at radius 1 is 1.43 bits per heavy atom. The minimum atomic E-state index is -0.436. The number of ether oxygens (including phenoxy) is 1. The van der Waals surface area contributed by atoms with Crippen molar-refractivity contribution in [3.63, 3.8) is 0 Å². The minimum absolute atomic E-state index is 0.0286. The highest BCUT2D eigenvalue weighted by Gasteiger charge is 2.17. The van der Waals surface area contributed by atoms with Crippen LogP contribution in [-0.2, 0) is 4.79 Å². The summed E-state index contributed by atoms with van der Waals surface area (Å²) in [6.07, 6.45) is 0.280. The molecule has 0 unspecified atom stereocenters. The minimum Gasteiger partial charge on any atom is -0.493 e. The van der Waals surface area contributed by atoms with Crippen molar-refractivity contribution in [2.45, 2.75) is 13.3 Å². The van der Waals surface area contributed by atoms with Crippen LogP contribution in [-0.4, -0.2) is 48.5 Å². The van der Waals surface area contributed by atoms with E-state index in [0.29, 0.717) is 24.4 Å². The Morgan fingerprint density at radius 3 is 2.81 bits per heavy atom. The Hall–Kier alpha value is -2.15. The van der Waals surface area contributed by atoms with E-state index in [9.17, 15) is 14.9 Å². The van der Waals surface area contributed by atoms with Crippen LogP contribution in [0, 0.1) is 17.0 Å². The van der Waals surface area contributed by atoms with Gasteiger partial charge in [0.2, 0.25) is 5.91 Å². The average molecular weight is 293 g/mol. The maximum absolute atomic E-state index is 12.0. The highest BCUT2D eigenvalue weighted by atomic mass is 16.6. The molecule has 0 saturated carbocycles. The summed E-state index contributed by atoms with van der Waals surface area (Å²) in [5, 5.41) is 14.0. The lowest BCUT2D eigenvalue weighted by Gasteiger charge is -2.27. The SMILES string of the molecule is Cc1c(OCCC(=O)N2CCNCC2)cccc1[N+](=O)[O-]. The molecule has 0 spiro atoms. The zero-order valence-electron chi connectivity index (χ0n) is 12.0. The van der Waals surface area contributed by atoms with Crippen molar-refractivity contribution in [1.82, 2.24) is 10.2 Å². The van der Waals surface area contributed by atoms with Crippen LogP contribution in [0.5, 0.6) is 5.75 Å². The van der Waals surface area contributed by atoms with Crippen LogP contribution in [0.4, 0.5) is 5.69 Å². The van der Waals surface area contributed by atoms with Crippen molar-refractivity contribution in [2.75, 3.05) is 32.8 Å². The summed E-state index contributed by atoms with van der Waals surface area (Å²) in [6, 6.07) is 4.70. The summed E-state index contributed by atoms with van der Waals surface area (Å²) in [5.74, 6) is 0.511. The molecule has 1 aromatic carbocycles. The van der Waals surface area contributed by atoms with E-state index in [1.165, 1.54) is 6.07 Å². The highest BCUT2D eigenvalue weighted by molar-refractivity contribution is 5.76. The second kappa shape index (κ2) is 7.03. The van der Waals surface area contributed by atoms with Gasteiger partial charge in [-0.1, -0.05) is 6.07 Å². The number of nitro groups is 1. The fraction of sp³-hybridized carbons (Fsp3) is 0.500. The molecule has 114 valence electrons. The first-order chi connectivity index (χ1) is 10.1. The normalized spacial score (nSPS) is 14.8. The van der Waals surface area contributed by atoms with Gasteiger partial charge in [0, 0.05) is 32.2 Å². The van der Waals surface area contributed by atoms with Gasteiger partial charge < -0.3 is 15.0 Å². The van der Waals surface area contributed by atoms with Crippen LogP contribution in [0.3, 0.4) is 0 Å². The molecule has 1 saturated heterocycles. The highest BCUT2D eigenvalue weighted by Crippen LogP contribution is 2.26. The molecule has 1 aliphatic heterocycles. The fourth-order valence-electron chi connectivity index (χ4n) is 2.28. The van der Waals surface area contributed by atoms with E-state index in [4.69, 9.17) is 4.74 Å². The smallest absolute Gasteiger partial charge is 0.276 e. The zero-order valence-corrected chi connectivity index (χ0v) is 12.0. The Bertz CT molecular complexity index is 527. The van der Waals surface area contributed by atoms with Crippen molar-refractivity contribution >= 4 is 11.6 Å². The van der Waals surface area contributed by atoms with Crippen LogP contribution in [0.2, 0.25) is 0 Å². The maximum atomic E-state index is 12.0. The van der Waals surface area contributed by atoms with E-state index >= 15 is 0 Å². The summed E-state index contributed by atoms with van der Waals surface area (Å²) in [5.41, 5.74) is 0.512. The van der Waals surface area contributed by atoms with Crippen molar-refractivity contribution in [2.24, 2.45) is 0 Å². The molecule has 2 rings (SSSR count). The van der Waals surface area contributed by atoms with Crippen LogP contribution in [0.1, 0.15) is 12.0 Å². The molecule has 0 radical (unpaired) electrons. The third kappa shape index (κ3) is 3.91. The average Bonchev–Trinajstić information content (AvgIpc) is 2.49. The van der Waals surface area contributed by atoms with Crippen molar-refractivity contribution < 1.29 is 14.5 Å². The number of nitro benzene ring substituents is 1. The van der Waals surface area contributed by atoms with Crippen molar-refractivity contribution in [3.8, 4) is 5.75 Å². The van der Waals surface area contributed by atoms with Gasteiger partial charge in [-0.3, -0.25) is 14.9 Å². The van der Waals surface area contributed by atoms with E-state index in [2.05, 4.69) is 5.32 Å². The number of nitrogens with one attached hydrogen (secondary N) is 1. The van der Waals surface area contributed by atoms with Gasteiger partial charge in [0.05, 0.1) is 23.5 Å². The first-order valence-electron chi connectivity index (χ1n) is 6.95. The van der Waals surface area contributed by atoms with Gasteiger partial charge in [-0.25, -0.2) is 0 Å². The molecular formula is C14H19N3O4. The molecule has 1 amide bonds. The van der Waals surface area contributed by atoms with Gasteiger partial charge >= 0.3 is 0 Å². The first kappa shape index (κ1) is 15.2. The summed E-state index contributed by atoms with van der Waals surface area (Å²) in [7, 11) is 0. The lowest BCUT2D eigenvalue weighted by atomic mass is 10.2. The topological polar surface area (TPSA) is 84.7 Å². The van der Waals surface area contributed by atoms with E-state index in [1.54, 1.807) is 24.0 Å². The standard InChI is InChI=1S/C14H19N3O4/c1-11-12(17(19)20)3-2-4-13(11)21-10-5-14(18)16-8-6-15-7-9-16/h2-4,15H,5-10H2,1H3. The first-order valence-corrected chi connectivity index (χ1v) is 6.95. The number of amides is 1. The molecule has 1 aromatic rings. The fourth-order valence-corrected chi connectivity index (χ4v) is 2.28. The molecule has 1 aliphatic rings. The molecular weight excluding hydrogens is 274 g/mol. The third-order valence-electron chi connectivity index (χ3n) is 3.50. The van der Waals surface area contributed by atoms with Gasteiger partial charge in [0.25, 0.3) is 5.69 Å². The third-order valence-corrected chi connectivity index (χ3v) is 3.50. The molecule has 0 aromatic heterocycles. The number of hydrogen-bond donors (Lipinski definition) is 1. The molecule has 21 heavy (non-hydrogen) atoms. The molecule has 7 nitrogen and oxygen atoms in total. The van der Waals surface area contributed by atoms with E-state index in [0.717, 1.165) is 13.1 Å². The largest absolute Gasteiger partial charge is 0.493 e. The molecule has 7 heteroatoms. The molecule has 0 atom stereocenters. The van der Waals surface area contributed by atoms with Gasteiger partial charge in [-0.15, -0.1) is 0 Å². The molecule has 0 bridgehead atoms. The second-order valence-electron chi connectivity index (χ2n) is 4.89. The number of benzene rings is 1. The Balaban J connectivity index is 1.87. The van der Waals surface area contributed by atoms with Gasteiger partial charge in [-0.05, 0) is 13.0 Å². The van der Waals surface area contributed by atoms with Crippen LogP contribution < -0.4 is 10.1 Å². The number of hydrogen-bond acceptors (Lipinski definition) is 5. The van der Waals surface area contributed by atoms with E-state index in [-0.39, 0.29) is 24.6 Å². The van der Waals surface area contributed by atoms with Crippen LogP contribution in [0.15, 0.2) is 18.2 Å². The van der Waals surface area contributed by atoms with E-state index < -0.39 is 4.92 Å². The molecule has 1 N–H and O–H groups in total. The molecule has 0 aliphatic carbocycles.